The topological polar surface area (TPSA) is 70.5 Å². The van der Waals surface area contributed by atoms with Crippen LogP contribution in [-0.4, -0.2) is 27.6 Å². The molecular formula is C12H13ClN4O2. The molecule has 2 heterocycles. The van der Waals surface area contributed by atoms with Crippen LogP contribution in [0.15, 0.2) is 28.3 Å². The highest BCUT2D eigenvalue weighted by Crippen LogP contribution is 2.26. The molecule has 1 aliphatic rings. The van der Waals surface area contributed by atoms with Gasteiger partial charge in [0.05, 0.1) is 16.3 Å². The van der Waals surface area contributed by atoms with Crippen LogP contribution in [0.3, 0.4) is 0 Å². The second-order valence-corrected chi connectivity index (χ2v) is 5.16. The first-order valence-electron chi connectivity index (χ1n) is 6.17. The van der Waals surface area contributed by atoms with Gasteiger partial charge in [0.1, 0.15) is 0 Å². The second kappa shape index (κ2) is 4.70. The van der Waals surface area contributed by atoms with Crippen molar-refractivity contribution in [2.45, 2.75) is 18.9 Å². The van der Waals surface area contributed by atoms with E-state index in [0.717, 1.165) is 23.9 Å². The van der Waals surface area contributed by atoms with Crippen LogP contribution in [-0.2, 0) is 0 Å². The number of halogens is 1. The van der Waals surface area contributed by atoms with E-state index in [2.05, 4.69) is 10.3 Å². The summed E-state index contributed by atoms with van der Waals surface area (Å²) in [5.41, 5.74) is 1.47. The average Bonchev–Trinajstić information content (AvgIpc) is 2.74. The highest BCUT2D eigenvalue weighted by molar-refractivity contribution is 6.31. The summed E-state index contributed by atoms with van der Waals surface area (Å²) < 4.78 is 1.76. The number of hydrogen-bond acceptors (Lipinski definition) is 3. The van der Waals surface area contributed by atoms with E-state index in [4.69, 9.17) is 11.6 Å². The lowest BCUT2D eigenvalue weighted by Gasteiger charge is -2.28. The van der Waals surface area contributed by atoms with Gasteiger partial charge in [-0.05, 0) is 31.0 Å². The quantitative estimate of drug-likeness (QED) is 0.858. The van der Waals surface area contributed by atoms with Crippen LogP contribution in [0.5, 0.6) is 0 Å². The van der Waals surface area contributed by atoms with Crippen LogP contribution < -0.4 is 5.69 Å². The normalized spacial score (nSPS) is 17.0. The number of piperidine rings is 1. The fourth-order valence-corrected chi connectivity index (χ4v) is 2.83. The molecule has 19 heavy (non-hydrogen) atoms. The summed E-state index contributed by atoms with van der Waals surface area (Å²) in [4.78, 5) is 25.3. The number of hydrogen-bond donors (Lipinski definition) is 1. The molecule has 2 aromatic rings. The van der Waals surface area contributed by atoms with Gasteiger partial charge in [0.2, 0.25) is 0 Å². The Hall–Kier alpha value is -1.82. The Morgan fingerprint density at radius 3 is 2.74 bits per heavy atom. The molecule has 1 aliphatic heterocycles. The van der Waals surface area contributed by atoms with Crippen molar-refractivity contribution in [1.29, 1.82) is 0 Å². The van der Waals surface area contributed by atoms with E-state index < -0.39 is 0 Å². The van der Waals surface area contributed by atoms with Crippen LogP contribution >= 0.6 is 11.6 Å². The van der Waals surface area contributed by atoms with Crippen LogP contribution in [0.4, 0.5) is 0 Å². The first-order valence-corrected chi connectivity index (χ1v) is 6.55. The molecule has 1 saturated heterocycles. The minimum Gasteiger partial charge on any atom is -0.305 e. The van der Waals surface area contributed by atoms with Crippen LogP contribution in [0.2, 0.25) is 5.02 Å². The van der Waals surface area contributed by atoms with Crippen molar-refractivity contribution in [2.24, 2.45) is 5.29 Å². The lowest BCUT2D eigenvalue weighted by Crippen LogP contribution is -2.33. The van der Waals surface area contributed by atoms with Gasteiger partial charge in [-0.15, -0.1) is 4.91 Å². The molecule has 0 spiro atoms. The third-order valence-corrected chi connectivity index (χ3v) is 3.84. The minimum atomic E-state index is -0.130. The number of H-pyrrole nitrogens is 1. The van der Waals surface area contributed by atoms with Gasteiger partial charge < -0.3 is 4.98 Å². The zero-order valence-electron chi connectivity index (χ0n) is 10.2. The summed E-state index contributed by atoms with van der Waals surface area (Å²) in [5.74, 6) is 0. The standard InChI is InChI=1S/C12H13ClN4O2/c13-8-1-2-11-10(7-8)14-12(18)17(11)9-3-5-16(15-19)6-4-9/h1-2,7,9H,3-6H2,(H,14,18). The predicted molar refractivity (Wildman–Crippen MR) is 73.2 cm³/mol. The molecule has 0 atom stereocenters. The molecule has 1 aromatic carbocycles. The Kier molecular flexibility index (Phi) is 3.02. The largest absolute Gasteiger partial charge is 0.326 e. The zero-order valence-corrected chi connectivity index (χ0v) is 10.9. The molecule has 0 saturated carbocycles. The van der Waals surface area contributed by atoms with Crippen molar-refractivity contribution in [3.05, 3.63) is 38.6 Å². The molecule has 1 aromatic heterocycles. The van der Waals surface area contributed by atoms with E-state index in [0.29, 0.717) is 18.1 Å². The van der Waals surface area contributed by atoms with Crippen molar-refractivity contribution in [3.63, 3.8) is 0 Å². The number of rotatable bonds is 2. The molecule has 100 valence electrons. The molecule has 3 rings (SSSR count). The lowest BCUT2D eigenvalue weighted by molar-refractivity contribution is 0.191. The number of nitrogens with one attached hydrogen (secondary N) is 1. The van der Waals surface area contributed by atoms with Crippen molar-refractivity contribution < 1.29 is 0 Å². The Bertz CT molecular complexity index is 670. The van der Waals surface area contributed by atoms with Gasteiger partial charge in [-0.25, -0.2) is 4.79 Å². The Morgan fingerprint density at radius 1 is 1.32 bits per heavy atom. The van der Waals surface area contributed by atoms with Crippen molar-refractivity contribution in [3.8, 4) is 0 Å². The fourth-order valence-electron chi connectivity index (χ4n) is 2.66. The smallest absolute Gasteiger partial charge is 0.305 e. The molecule has 0 bridgehead atoms. The SMILES string of the molecule is O=NN1CCC(n2c(=O)[nH]c3cc(Cl)ccc32)CC1. The summed E-state index contributed by atoms with van der Waals surface area (Å²) in [6, 6.07) is 5.47. The number of aromatic amines is 1. The summed E-state index contributed by atoms with van der Waals surface area (Å²) in [7, 11) is 0. The maximum Gasteiger partial charge on any atom is 0.326 e. The first kappa shape index (κ1) is 12.2. The van der Waals surface area contributed by atoms with Gasteiger partial charge >= 0.3 is 5.69 Å². The van der Waals surface area contributed by atoms with Gasteiger partial charge in [-0.1, -0.05) is 11.6 Å². The van der Waals surface area contributed by atoms with E-state index in [1.54, 1.807) is 16.7 Å². The van der Waals surface area contributed by atoms with Crippen molar-refractivity contribution in [2.75, 3.05) is 13.1 Å². The summed E-state index contributed by atoms with van der Waals surface area (Å²) in [6.07, 6.45) is 1.47. The molecule has 1 fully saturated rings. The second-order valence-electron chi connectivity index (χ2n) is 4.73. The molecule has 1 N–H and O–H groups in total. The number of nitroso groups, excluding NO2 is 1. The average molecular weight is 281 g/mol. The predicted octanol–water partition coefficient (Wildman–Crippen LogP) is 2.30. The summed E-state index contributed by atoms with van der Waals surface area (Å²) in [6.45, 7) is 1.17. The van der Waals surface area contributed by atoms with E-state index in [9.17, 15) is 9.70 Å². The van der Waals surface area contributed by atoms with E-state index in [1.165, 1.54) is 5.01 Å². The summed E-state index contributed by atoms with van der Waals surface area (Å²) in [5, 5.41) is 5.02. The monoisotopic (exact) mass is 280 g/mol. The number of nitrogens with zero attached hydrogens (tertiary/aromatic N) is 3. The Balaban J connectivity index is 1.99. The van der Waals surface area contributed by atoms with Gasteiger partial charge in [-0.3, -0.25) is 9.58 Å². The highest BCUT2D eigenvalue weighted by atomic mass is 35.5. The Labute approximate surface area is 113 Å². The molecule has 7 heteroatoms. The first-order chi connectivity index (χ1) is 9.19. The third-order valence-electron chi connectivity index (χ3n) is 3.60. The number of aromatic nitrogens is 2. The number of benzene rings is 1. The maximum atomic E-state index is 12.1. The highest BCUT2D eigenvalue weighted by Gasteiger charge is 2.23. The van der Waals surface area contributed by atoms with Crippen molar-refractivity contribution in [1.82, 2.24) is 14.6 Å². The minimum absolute atomic E-state index is 0.0976. The zero-order chi connectivity index (χ0) is 13.4. The molecule has 0 radical (unpaired) electrons. The lowest BCUT2D eigenvalue weighted by atomic mass is 10.1. The maximum absolute atomic E-state index is 12.1. The molecule has 0 aliphatic carbocycles. The number of fused-ring (bicyclic) bond motifs is 1. The van der Waals surface area contributed by atoms with Gasteiger partial charge in [0, 0.05) is 24.2 Å². The molecule has 0 unspecified atom stereocenters. The fraction of sp³-hybridized carbons (Fsp3) is 0.417. The Morgan fingerprint density at radius 2 is 2.05 bits per heavy atom. The van der Waals surface area contributed by atoms with Crippen LogP contribution in [0.1, 0.15) is 18.9 Å². The van der Waals surface area contributed by atoms with Gasteiger partial charge in [-0.2, -0.15) is 0 Å². The number of imidazole rings is 1. The molecule has 0 amide bonds. The van der Waals surface area contributed by atoms with E-state index >= 15 is 0 Å². The summed E-state index contributed by atoms with van der Waals surface area (Å²) >= 11 is 5.92. The van der Waals surface area contributed by atoms with Crippen molar-refractivity contribution >= 4 is 22.6 Å². The third kappa shape index (κ3) is 2.12. The molecule has 6 nitrogen and oxygen atoms in total. The van der Waals surface area contributed by atoms with Gasteiger partial charge in [0.25, 0.3) is 0 Å². The van der Waals surface area contributed by atoms with E-state index in [-0.39, 0.29) is 11.7 Å². The van der Waals surface area contributed by atoms with E-state index in [1.807, 2.05) is 6.07 Å². The van der Waals surface area contributed by atoms with Crippen LogP contribution in [0.25, 0.3) is 11.0 Å². The van der Waals surface area contributed by atoms with Crippen LogP contribution in [0, 0.1) is 4.91 Å². The molecular weight excluding hydrogens is 268 g/mol. The van der Waals surface area contributed by atoms with Gasteiger partial charge in [0.15, 0.2) is 0 Å².